The Bertz CT molecular complexity index is 811. The molecule has 0 aliphatic carbocycles. The zero-order valence-electron chi connectivity index (χ0n) is 16.9. The van der Waals surface area contributed by atoms with Gasteiger partial charge in [0.2, 0.25) is 5.91 Å². The summed E-state index contributed by atoms with van der Waals surface area (Å²) in [5, 5.41) is 0.125. The fourth-order valence-corrected chi connectivity index (χ4v) is 6.51. The zero-order valence-corrected chi connectivity index (χ0v) is 17.7. The van der Waals surface area contributed by atoms with Crippen molar-refractivity contribution < 1.29 is 17.9 Å². The molecule has 1 aromatic heterocycles. The van der Waals surface area contributed by atoms with Gasteiger partial charge in [0.1, 0.15) is 5.82 Å². The lowest BCUT2D eigenvalue weighted by atomic mass is 9.98. The molecule has 3 atom stereocenters. The third-order valence-electron chi connectivity index (χ3n) is 6.53. The summed E-state index contributed by atoms with van der Waals surface area (Å²) in [6, 6.07) is 0.628. The molecule has 0 spiro atoms. The topological polar surface area (TPSA) is 84.7 Å². The minimum absolute atomic E-state index is 0.0881. The van der Waals surface area contributed by atoms with E-state index in [0.29, 0.717) is 43.8 Å². The molecule has 8 nitrogen and oxygen atoms in total. The van der Waals surface area contributed by atoms with Crippen molar-refractivity contribution in [3.8, 4) is 0 Å². The molecule has 156 valence electrons. The molecule has 1 unspecified atom stereocenters. The van der Waals surface area contributed by atoms with Crippen LogP contribution in [-0.2, 0) is 26.6 Å². The zero-order chi connectivity index (χ0) is 20.1. The molecule has 1 aromatic rings. The number of amides is 1. The van der Waals surface area contributed by atoms with Gasteiger partial charge in [0.15, 0.2) is 5.03 Å². The summed E-state index contributed by atoms with van der Waals surface area (Å²) in [4.78, 5) is 18.1. The Labute approximate surface area is 166 Å². The van der Waals surface area contributed by atoms with Crippen LogP contribution in [0.4, 0.5) is 0 Å². The van der Waals surface area contributed by atoms with E-state index in [-0.39, 0.29) is 23.1 Å². The van der Waals surface area contributed by atoms with Crippen molar-refractivity contribution in [2.24, 2.45) is 7.05 Å². The van der Waals surface area contributed by atoms with E-state index in [1.165, 1.54) is 4.31 Å². The van der Waals surface area contributed by atoms with E-state index in [1.54, 1.807) is 31.7 Å². The van der Waals surface area contributed by atoms with Crippen LogP contribution in [0.1, 0.15) is 51.3 Å². The summed E-state index contributed by atoms with van der Waals surface area (Å²) in [6.07, 6.45) is 7.20. The molecule has 1 amide bonds. The number of fused-ring (bicyclic) bond motifs is 2. The SMILES string of the molecule is CC(=O)N1[C@@H]2CC[C@H]1CC(OC1CCN(S(=O)(=O)c3cn(C)c(C)n3)CC1)C2. The van der Waals surface area contributed by atoms with Crippen molar-refractivity contribution in [1.82, 2.24) is 18.8 Å². The first-order valence-electron chi connectivity index (χ1n) is 10.2. The Balaban J connectivity index is 1.32. The lowest BCUT2D eigenvalue weighted by Gasteiger charge is -2.40. The first-order chi connectivity index (χ1) is 13.3. The average molecular weight is 411 g/mol. The number of aromatic nitrogens is 2. The van der Waals surface area contributed by atoms with Crippen LogP contribution in [-0.4, -0.2) is 70.5 Å². The molecule has 28 heavy (non-hydrogen) atoms. The lowest BCUT2D eigenvalue weighted by molar-refractivity contribution is -0.138. The number of imidazole rings is 1. The maximum atomic E-state index is 12.8. The molecule has 9 heteroatoms. The van der Waals surface area contributed by atoms with Crippen molar-refractivity contribution >= 4 is 15.9 Å². The number of hydrogen-bond acceptors (Lipinski definition) is 5. The maximum Gasteiger partial charge on any atom is 0.262 e. The van der Waals surface area contributed by atoms with Gasteiger partial charge in [-0.25, -0.2) is 13.4 Å². The number of piperidine rings is 2. The first kappa shape index (κ1) is 19.8. The van der Waals surface area contributed by atoms with Crippen molar-refractivity contribution in [2.75, 3.05) is 13.1 Å². The molecule has 3 aliphatic heterocycles. The molecule has 3 fully saturated rings. The maximum absolute atomic E-state index is 12.8. The Kier molecular flexibility index (Phi) is 5.26. The number of aryl methyl sites for hydroxylation is 2. The van der Waals surface area contributed by atoms with E-state index in [1.807, 2.05) is 4.90 Å². The van der Waals surface area contributed by atoms with E-state index < -0.39 is 10.0 Å². The van der Waals surface area contributed by atoms with Gasteiger partial charge in [-0.1, -0.05) is 0 Å². The van der Waals surface area contributed by atoms with Gasteiger partial charge in [0.25, 0.3) is 10.0 Å². The highest BCUT2D eigenvalue weighted by molar-refractivity contribution is 7.89. The third kappa shape index (κ3) is 3.59. The van der Waals surface area contributed by atoms with Crippen LogP contribution in [0.2, 0.25) is 0 Å². The van der Waals surface area contributed by atoms with Crippen LogP contribution in [0.5, 0.6) is 0 Å². The second-order valence-electron chi connectivity index (χ2n) is 8.38. The molecule has 4 heterocycles. The van der Waals surface area contributed by atoms with Gasteiger partial charge in [-0.15, -0.1) is 0 Å². The molecule has 3 saturated heterocycles. The van der Waals surface area contributed by atoms with E-state index in [9.17, 15) is 13.2 Å². The molecule has 0 radical (unpaired) electrons. The molecule has 0 saturated carbocycles. The summed E-state index contributed by atoms with van der Waals surface area (Å²) in [5.74, 6) is 0.859. The number of ether oxygens (including phenoxy) is 1. The normalized spacial score (nSPS) is 29.4. The highest BCUT2D eigenvalue weighted by Gasteiger charge is 2.43. The second kappa shape index (κ2) is 7.42. The van der Waals surface area contributed by atoms with Crippen LogP contribution in [0, 0.1) is 6.92 Å². The Morgan fingerprint density at radius 3 is 2.21 bits per heavy atom. The van der Waals surface area contributed by atoms with Gasteiger partial charge in [-0.3, -0.25) is 4.79 Å². The van der Waals surface area contributed by atoms with Crippen LogP contribution >= 0.6 is 0 Å². The molecule has 0 N–H and O–H groups in total. The standard InChI is InChI=1S/C19H30N4O4S/c1-13-20-19(12-21(13)3)28(25,26)22-8-6-17(7-9-22)27-18-10-15-4-5-16(11-18)23(15)14(2)24/h12,15-18H,4-11H2,1-3H3/t15-,16+,18?. The highest BCUT2D eigenvalue weighted by Crippen LogP contribution is 2.38. The van der Waals surface area contributed by atoms with Crippen LogP contribution in [0.15, 0.2) is 11.2 Å². The molecular weight excluding hydrogens is 380 g/mol. The number of rotatable bonds is 4. The smallest absolute Gasteiger partial charge is 0.262 e. The van der Waals surface area contributed by atoms with Crippen molar-refractivity contribution in [2.45, 2.75) is 81.7 Å². The molecular formula is C19H30N4O4S. The van der Waals surface area contributed by atoms with Gasteiger partial charge in [-0.05, 0) is 45.4 Å². The van der Waals surface area contributed by atoms with Gasteiger partial charge < -0.3 is 14.2 Å². The van der Waals surface area contributed by atoms with E-state index in [2.05, 4.69) is 4.98 Å². The monoisotopic (exact) mass is 410 g/mol. The Hall–Kier alpha value is -1.45. The summed E-state index contributed by atoms with van der Waals surface area (Å²) in [6.45, 7) is 4.37. The lowest BCUT2D eigenvalue weighted by Crippen LogP contribution is -2.49. The predicted molar refractivity (Wildman–Crippen MR) is 103 cm³/mol. The predicted octanol–water partition coefficient (Wildman–Crippen LogP) is 1.44. The third-order valence-corrected chi connectivity index (χ3v) is 8.30. The van der Waals surface area contributed by atoms with E-state index in [0.717, 1.165) is 25.7 Å². The molecule has 4 rings (SSSR count). The summed E-state index contributed by atoms with van der Waals surface area (Å²) >= 11 is 0. The fourth-order valence-electron chi connectivity index (χ4n) is 5.02. The van der Waals surface area contributed by atoms with Crippen molar-refractivity contribution in [1.29, 1.82) is 0 Å². The van der Waals surface area contributed by atoms with Gasteiger partial charge >= 0.3 is 0 Å². The number of nitrogens with zero attached hydrogens (tertiary/aromatic N) is 4. The summed E-state index contributed by atoms with van der Waals surface area (Å²) in [5.41, 5.74) is 0. The first-order valence-corrected chi connectivity index (χ1v) is 11.6. The average Bonchev–Trinajstić information content (AvgIpc) is 3.13. The van der Waals surface area contributed by atoms with Gasteiger partial charge in [-0.2, -0.15) is 4.31 Å². The fraction of sp³-hybridized carbons (Fsp3) is 0.789. The number of hydrogen-bond donors (Lipinski definition) is 0. The number of carbonyl (C=O) groups is 1. The second-order valence-corrected chi connectivity index (χ2v) is 10.3. The van der Waals surface area contributed by atoms with Gasteiger partial charge in [0, 0.05) is 45.3 Å². The quantitative estimate of drug-likeness (QED) is 0.750. The Morgan fingerprint density at radius 1 is 1.11 bits per heavy atom. The molecule has 2 bridgehead atoms. The Morgan fingerprint density at radius 2 is 1.71 bits per heavy atom. The molecule has 3 aliphatic rings. The summed E-state index contributed by atoms with van der Waals surface area (Å²) in [7, 11) is -1.75. The van der Waals surface area contributed by atoms with Gasteiger partial charge in [0.05, 0.1) is 12.2 Å². The minimum atomic E-state index is -3.54. The summed E-state index contributed by atoms with van der Waals surface area (Å²) < 4.78 is 35.2. The van der Waals surface area contributed by atoms with Crippen LogP contribution in [0.25, 0.3) is 0 Å². The van der Waals surface area contributed by atoms with E-state index in [4.69, 9.17) is 4.74 Å². The molecule has 0 aromatic carbocycles. The largest absolute Gasteiger partial charge is 0.375 e. The van der Waals surface area contributed by atoms with Crippen molar-refractivity contribution in [3.05, 3.63) is 12.0 Å². The minimum Gasteiger partial charge on any atom is -0.375 e. The van der Waals surface area contributed by atoms with Crippen molar-refractivity contribution in [3.63, 3.8) is 0 Å². The van der Waals surface area contributed by atoms with E-state index >= 15 is 0 Å². The highest BCUT2D eigenvalue weighted by atomic mass is 32.2. The number of sulfonamides is 1. The van der Waals surface area contributed by atoms with Crippen LogP contribution in [0.3, 0.4) is 0 Å². The number of carbonyl (C=O) groups excluding carboxylic acids is 1. The van der Waals surface area contributed by atoms with Crippen LogP contribution < -0.4 is 0 Å².